The van der Waals surface area contributed by atoms with Gasteiger partial charge in [-0.05, 0) is 37.1 Å². The molecule has 1 aliphatic rings. The van der Waals surface area contributed by atoms with Crippen molar-refractivity contribution in [2.24, 2.45) is 0 Å². The topological polar surface area (TPSA) is 43.8 Å². The number of anilines is 1. The fourth-order valence-corrected chi connectivity index (χ4v) is 2.83. The van der Waals surface area contributed by atoms with Gasteiger partial charge >= 0.3 is 0 Å². The monoisotopic (exact) mass is 276 g/mol. The number of carbonyl (C=O) groups is 1. The summed E-state index contributed by atoms with van der Waals surface area (Å²) >= 11 is 0. The van der Waals surface area contributed by atoms with Crippen LogP contribution in [0.25, 0.3) is 0 Å². The zero-order valence-electron chi connectivity index (χ0n) is 12.6. The molecular formula is C16H24N2O2. The van der Waals surface area contributed by atoms with Crippen molar-refractivity contribution in [3.8, 4) is 0 Å². The van der Waals surface area contributed by atoms with E-state index >= 15 is 0 Å². The van der Waals surface area contributed by atoms with E-state index < -0.39 is 5.60 Å². The highest BCUT2D eigenvalue weighted by Gasteiger charge is 2.33. The van der Waals surface area contributed by atoms with Crippen LogP contribution in [0.5, 0.6) is 0 Å². The largest absolute Gasteiger partial charge is 0.388 e. The minimum atomic E-state index is -0.687. The molecule has 0 aliphatic heterocycles. The molecule has 4 heteroatoms. The van der Waals surface area contributed by atoms with Crippen molar-refractivity contribution in [3.63, 3.8) is 0 Å². The lowest BCUT2D eigenvalue weighted by Gasteiger charge is -2.28. The molecule has 0 spiro atoms. The maximum atomic E-state index is 12.4. The van der Waals surface area contributed by atoms with Gasteiger partial charge in [-0.25, -0.2) is 0 Å². The van der Waals surface area contributed by atoms with Gasteiger partial charge in [-0.3, -0.25) is 4.79 Å². The van der Waals surface area contributed by atoms with Gasteiger partial charge in [0, 0.05) is 38.9 Å². The Morgan fingerprint density at radius 1 is 1.15 bits per heavy atom. The van der Waals surface area contributed by atoms with Gasteiger partial charge in [-0.1, -0.05) is 12.8 Å². The summed E-state index contributed by atoms with van der Waals surface area (Å²) in [5.41, 5.74) is 1.05. The molecule has 1 N–H and O–H groups in total. The van der Waals surface area contributed by atoms with Gasteiger partial charge in [0.1, 0.15) is 0 Å². The Bertz CT molecular complexity index is 462. The Labute approximate surface area is 121 Å². The second-order valence-electron chi connectivity index (χ2n) is 6.03. The molecule has 0 unspecified atom stereocenters. The van der Waals surface area contributed by atoms with Crippen LogP contribution in [0.1, 0.15) is 36.0 Å². The smallest absolute Gasteiger partial charge is 0.253 e. The summed E-state index contributed by atoms with van der Waals surface area (Å²) in [6.45, 7) is 0.418. The van der Waals surface area contributed by atoms with E-state index in [1.54, 1.807) is 11.9 Å². The Morgan fingerprint density at radius 2 is 1.70 bits per heavy atom. The average molecular weight is 276 g/mol. The average Bonchev–Trinajstić information content (AvgIpc) is 2.84. The van der Waals surface area contributed by atoms with E-state index in [0.29, 0.717) is 12.1 Å². The summed E-state index contributed by atoms with van der Waals surface area (Å²) in [6, 6.07) is 7.55. The van der Waals surface area contributed by atoms with Gasteiger partial charge in [-0.2, -0.15) is 0 Å². The van der Waals surface area contributed by atoms with Crippen LogP contribution >= 0.6 is 0 Å². The van der Waals surface area contributed by atoms with E-state index in [2.05, 4.69) is 0 Å². The molecule has 1 saturated carbocycles. The highest BCUT2D eigenvalue weighted by molar-refractivity contribution is 5.94. The lowest BCUT2D eigenvalue weighted by molar-refractivity contribution is 0.0157. The first-order valence-electron chi connectivity index (χ1n) is 7.16. The first-order chi connectivity index (χ1) is 9.41. The van der Waals surface area contributed by atoms with Crippen LogP contribution in [0.4, 0.5) is 5.69 Å². The summed E-state index contributed by atoms with van der Waals surface area (Å²) in [6.07, 6.45) is 3.69. The maximum Gasteiger partial charge on any atom is 0.253 e. The van der Waals surface area contributed by atoms with Crippen LogP contribution in [0.15, 0.2) is 24.3 Å². The molecule has 0 radical (unpaired) electrons. The molecule has 0 atom stereocenters. The summed E-state index contributed by atoms with van der Waals surface area (Å²) in [5.74, 6) is -0.0318. The van der Waals surface area contributed by atoms with Crippen molar-refractivity contribution in [2.75, 3.05) is 32.6 Å². The van der Waals surface area contributed by atoms with E-state index in [4.69, 9.17) is 0 Å². The SMILES string of the molecule is CN(CC1(O)CCCC1)C(=O)c1ccc(N(C)C)cc1. The summed E-state index contributed by atoms with van der Waals surface area (Å²) < 4.78 is 0. The predicted octanol–water partition coefficient (Wildman–Crippen LogP) is 2.13. The van der Waals surface area contributed by atoms with Gasteiger partial charge in [0.15, 0.2) is 0 Å². The Kier molecular flexibility index (Phi) is 4.33. The zero-order valence-corrected chi connectivity index (χ0v) is 12.6. The molecular weight excluding hydrogens is 252 g/mol. The highest BCUT2D eigenvalue weighted by Crippen LogP contribution is 2.30. The molecule has 0 heterocycles. The highest BCUT2D eigenvalue weighted by atomic mass is 16.3. The lowest BCUT2D eigenvalue weighted by atomic mass is 10.0. The van der Waals surface area contributed by atoms with E-state index in [0.717, 1.165) is 31.4 Å². The summed E-state index contributed by atoms with van der Waals surface area (Å²) in [5, 5.41) is 10.4. The lowest BCUT2D eigenvalue weighted by Crippen LogP contribution is -2.42. The number of likely N-dealkylation sites (N-methyl/N-ethyl adjacent to an activating group) is 1. The van der Waals surface area contributed by atoms with E-state index in [1.165, 1.54) is 0 Å². The molecule has 1 aliphatic carbocycles. The van der Waals surface area contributed by atoms with Crippen LogP contribution in [0, 0.1) is 0 Å². The molecule has 1 fully saturated rings. The molecule has 2 rings (SSSR count). The van der Waals surface area contributed by atoms with Crippen LogP contribution in [-0.2, 0) is 0 Å². The Hall–Kier alpha value is -1.55. The fraction of sp³-hybridized carbons (Fsp3) is 0.562. The normalized spacial score (nSPS) is 17.0. The number of rotatable bonds is 4. The predicted molar refractivity (Wildman–Crippen MR) is 81.1 cm³/mol. The third-order valence-electron chi connectivity index (χ3n) is 4.04. The maximum absolute atomic E-state index is 12.4. The number of nitrogens with zero attached hydrogens (tertiary/aromatic N) is 2. The van der Waals surface area contributed by atoms with Crippen molar-refractivity contribution in [1.82, 2.24) is 4.90 Å². The van der Waals surface area contributed by atoms with Gasteiger partial charge in [-0.15, -0.1) is 0 Å². The summed E-state index contributed by atoms with van der Waals surface area (Å²) in [7, 11) is 5.70. The second kappa shape index (κ2) is 5.83. The van der Waals surface area contributed by atoms with E-state index in [9.17, 15) is 9.90 Å². The number of hydrogen-bond donors (Lipinski definition) is 1. The standard InChI is InChI=1S/C16H24N2O2/c1-17(2)14-8-6-13(7-9-14)15(19)18(3)12-16(20)10-4-5-11-16/h6-9,20H,4-5,10-12H2,1-3H3. The number of aliphatic hydroxyl groups is 1. The van der Waals surface area contributed by atoms with Gasteiger partial charge in [0.25, 0.3) is 5.91 Å². The molecule has 110 valence electrons. The van der Waals surface area contributed by atoms with Gasteiger partial charge < -0.3 is 14.9 Å². The molecule has 1 aromatic rings. The minimum absolute atomic E-state index is 0.0318. The fourth-order valence-electron chi connectivity index (χ4n) is 2.83. The first-order valence-corrected chi connectivity index (χ1v) is 7.16. The molecule has 0 aromatic heterocycles. The third-order valence-corrected chi connectivity index (χ3v) is 4.04. The van der Waals surface area contributed by atoms with E-state index in [-0.39, 0.29) is 5.91 Å². The van der Waals surface area contributed by atoms with Crippen molar-refractivity contribution in [3.05, 3.63) is 29.8 Å². The molecule has 1 aromatic carbocycles. The zero-order chi connectivity index (χ0) is 14.8. The van der Waals surface area contributed by atoms with Crippen molar-refractivity contribution in [1.29, 1.82) is 0 Å². The number of amides is 1. The summed E-state index contributed by atoms with van der Waals surface area (Å²) in [4.78, 5) is 16.0. The van der Waals surface area contributed by atoms with Crippen molar-refractivity contribution < 1.29 is 9.90 Å². The molecule has 0 saturated heterocycles. The number of benzene rings is 1. The van der Waals surface area contributed by atoms with Crippen LogP contribution in [-0.4, -0.2) is 49.2 Å². The second-order valence-corrected chi connectivity index (χ2v) is 6.03. The van der Waals surface area contributed by atoms with Crippen LogP contribution < -0.4 is 4.90 Å². The molecule has 1 amide bonds. The molecule has 20 heavy (non-hydrogen) atoms. The van der Waals surface area contributed by atoms with Gasteiger partial charge in [0.2, 0.25) is 0 Å². The van der Waals surface area contributed by atoms with Gasteiger partial charge in [0.05, 0.1) is 5.60 Å². The van der Waals surface area contributed by atoms with Crippen LogP contribution in [0.3, 0.4) is 0 Å². The van der Waals surface area contributed by atoms with E-state index in [1.807, 2.05) is 43.3 Å². The Balaban J connectivity index is 2.02. The molecule has 0 bridgehead atoms. The van der Waals surface area contributed by atoms with Crippen LogP contribution in [0.2, 0.25) is 0 Å². The quantitative estimate of drug-likeness (QED) is 0.916. The number of hydrogen-bond acceptors (Lipinski definition) is 3. The van der Waals surface area contributed by atoms with Crippen molar-refractivity contribution in [2.45, 2.75) is 31.3 Å². The van der Waals surface area contributed by atoms with Crippen molar-refractivity contribution >= 4 is 11.6 Å². The third kappa shape index (κ3) is 3.31. The Morgan fingerprint density at radius 3 is 2.20 bits per heavy atom. The molecule has 4 nitrogen and oxygen atoms in total. The number of carbonyl (C=O) groups excluding carboxylic acids is 1. The first kappa shape index (κ1) is 14.9. The minimum Gasteiger partial charge on any atom is -0.388 e.